The number of hydrogen-bond acceptors (Lipinski definition) is 4. The first-order chi connectivity index (χ1) is 10.7. The summed E-state index contributed by atoms with van der Waals surface area (Å²) in [6.07, 6.45) is 10.9. The van der Waals surface area contributed by atoms with Crippen molar-refractivity contribution in [1.82, 2.24) is 0 Å². The van der Waals surface area contributed by atoms with Crippen molar-refractivity contribution in [3.63, 3.8) is 0 Å². The summed E-state index contributed by atoms with van der Waals surface area (Å²) in [4.78, 5) is 10.5. The first-order valence-electron chi connectivity index (χ1n) is 8.23. The predicted molar refractivity (Wildman–Crippen MR) is 89.0 cm³/mol. The van der Waals surface area contributed by atoms with Crippen LogP contribution in [0.25, 0.3) is 0 Å². The molecule has 0 aromatic heterocycles. The van der Waals surface area contributed by atoms with Gasteiger partial charge in [0.15, 0.2) is 6.29 Å². The van der Waals surface area contributed by atoms with Crippen molar-refractivity contribution >= 4 is 17.7 Å². The minimum atomic E-state index is -0.705. The minimum absolute atomic E-state index is 0.0907. The lowest BCUT2D eigenvalue weighted by Gasteiger charge is -2.31. The van der Waals surface area contributed by atoms with Gasteiger partial charge >= 0.3 is 5.97 Å². The van der Waals surface area contributed by atoms with Gasteiger partial charge < -0.3 is 14.6 Å². The standard InChI is InChI=1S/C17H28O4S/c1-20-17(21-2)11-13-12(14-9-10-15(13)22-14)7-5-3-4-6-8-16(18)19/h3,5,12-15,17H,4,6-11H2,1-2H3,(H,18,19)/b5-3-/t12-,13+,14-,15+/m0/s1. The summed E-state index contributed by atoms with van der Waals surface area (Å²) in [7, 11) is 3.43. The van der Waals surface area contributed by atoms with Crippen molar-refractivity contribution in [1.29, 1.82) is 0 Å². The molecule has 2 aliphatic rings. The van der Waals surface area contributed by atoms with Gasteiger partial charge in [-0.05, 0) is 43.9 Å². The SMILES string of the molecule is COC(C[C@@H]1[C@H](C/C=C\CCCC(=O)O)[C@@H]2CC[C@H]1S2)OC. The average Bonchev–Trinajstić information content (AvgIpc) is 3.09. The van der Waals surface area contributed by atoms with Crippen molar-refractivity contribution in [2.75, 3.05) is 14.2 Å². The molecule has 126 valence electrons. The second kappa shape index (κ2) is 8.94. The Kier molecular flexibility index (Phi) is 7.25. The van der Waals surface area contributed by atoms with Gasteiger partial charge in [0.25, 0.3) is 0 Å². The molecule has 0 saturated carbocycles. The van der Waals surface area contributed by atoms with Crippen LogP contribution in [0.1, 0.15) is 44.9 Å². The van der Waals surface area contributed by atoms with E-state index < -0.39 is 5.97 Å². The third kappa shape index (κ3) is 4.74. The van der Waals surface area contributed by atoms with Gasteiger partial charge in [-0.3, -0.25) is 4.79 Å². The van der Waals surface area contributed by atoms with Crippen LogP contribution in [0, 0.1) is 11.8 Å². The van der Waals surface area contributed by atoms with E-state index in [-0.39, 0.29) is 12.7 Å². The molecule has 0 amide bonds. The van der Waals surface area contributed by atoms with Gasteiger partial charge in [-0.25, -0.2) is 0 Å². The predicted octanol–water partition coefficient (Wildman–Crippen LogP) is 3.71. The molecule has 2 rings (SSSR count). The topological polar surface area (TPSA) is 55.8 Å². The second-order valence-electron chi connectivity index (χ2n) is 6.25. The molecule has 2 aliphatic heterocycles. The fourth-order valence-electron chi connectivity index (χ4n) is 3.78. The molecule has 4 atom stereocenters. The van der Waals surface area contributed by atoms with E-state index in [0.717, 1.165) is 36.2 Å². The lowest BCUT2D eigenvalue weighted by Crippen LogP contribution is -2.31. The monoisotopic (exact) mass is 328 g/mol. The van der Waals surface area contributed by atoms with Crippen molar-refractivity contribution in [3.8, 4) is 0 Å². The Morgan fingerprint density at radius 1 is 1.23 bits per heavy atom. The Hall–Kier alpha value is -0.520. The van der Waals surface area contributed by atoms with Gasteiger partial charge in [-0.15, -0.1) is 0 Å². The molecule has 1 N–H and O–H groups in total. The van der Waals surface area contributed by atoms with Crippen LogP contribution in [0.2, 0.25) is 0 Å². The first-order valence-corrected chi connectivity index (χ1v) is 9.17. The van der Waals surface area contributed by atoms with Gasteiger partial charge in [0.2, 0.25) is 0 Å². The summed E-state index contributed by atoms with van der Waals surface area (Å²) in [5.41, 5.74) is 0. The van der Waals surface area contributed by atoms with E-state index in [1.54, 1.807) is 14.2 Å². The van der Waals surface area contributed by atoms with E-state index in [1.807, 2.05) is 0 Å². The number of allylic oxidation sites excluding steroid dienone is 2. The van der Waals surface area contributed by atoms with Crippen LogP contribution in [0.4, 0.5) is 0 Å². The van der Waals surface area contributed by atoms with Crippen LogP contribution in [0.15, 0.2) is 12.2 Å². The Bertz CT molecular complexity index is 381. The summed E-state index contributed by atoms with van der Waals surface area (Å²) in [6, 6.07) is 0. The first kappa shape index (κ1) is 17.8. The number of carbonyl (C=O) groups is 1. The molecule has 0 aromatic carbocycles. The van der Waals surface area contributed by atoms with Crippen molar-refractivity contribution in [3.05, 3.63) is 12.2 Å². The number of unbranched alkanes of at least 4 members (excludes halogenated alkanes) is 1. The van der Waals surface area contributed by atoms with Crippen molar-refractivity contribution in [2.24, 2.45) is 11.8 Å². The molecular weight excluding hydrogens is 300 g/mol. The highest BCUT2D eigenvalue weighted by Crippen LogP contribution is 2.55. The van der Waals surface area contributed by atoms with E-state index in [4.69, 9.17) is 14.6 Å². The number of aliphatic carboxylic acids is 1. The summed E-state index contributed by atoms with van der Waals surface area (Å²) < 4.78 is 10.8. The number of methoxy groups -OCH3 is 2. The molecule has 4 nitrogen and oxygen atoms in total. The van der Waals surface area contributed by atoms with Crippen LogP contribution < -0.4 is 0 Å². The molecule has 2 heterocycles. The largest absolute Gasteiger partial charge is 0.481 e. The zero-order valence-corrected chi connectivity index (χ0v) is 14.4. The maximum Gasteiger partial charge on any atom is 0.303 e. The summed E-state index contributed by atoms with van der Waals surface area (Å²) in [5, 5.41) is 10.2. The van der Waals surface area contributed by atoms with Crippen LogP contribution in [0.3, 0.4) is 0 Å². The Morgan fingerprint density at radius 3 is 2.55 bits per heavy atom. The maximum atomic E-state index is 10.5. The number of carboxylic acids is 1. The van der Waals surface area contributed by atoms with Crippen LogP contribution >= 0.6 is 11.8 Å². The number of fused-ring (bicyclic) bond motifs is 2. The van der Waals surface area contributed by atoms with E-state index in [2.05, 4.69) is 23.9 Å². The highest BCUT2D eigenvalue weighted by molar-refractivity contribution is 8.01. The molecular formula is C17H28O4S. The summed E-state index contributed by atoms with van der Waals surface area (Å²) >= 11 is 2.16. The lowest BCUT2D eigenvalue weighted by atomic mass is 9.75. The van der Waals surface area contributed by atoms with Gasteiger partial charge in [0.05, 0.1) is 0 Å². The molecule has 2 fully saturated rings. The Morgan fingerprint density at radius 2 is 1.91 bits per heavy atom. The minimum Gasteiger partial charge on any atom is -0.481 e. The number of hydrogen-bond donors (Lipinski definition) is 1. The highest BCUT2D eigenvalue weighted by Gasteiger charge is 2.48. The lowest BCUT2D eigenvalue weighted by molar-refractivity contribution is -0.137. The molecule has 0 radical (unpaired) electrons. The number of carboxylic acid groups (broad SMARTS) is 1. The van der Waals surface area contributed by atoms with E-state index >= 15 is 0 Å². The van der Waals surface area contributed by atoms with Crippen LogP contribution in [0.5, 0.6) is 0 Å². The molecule has 0 aliphatic carbocycles. The fraction of sp³-hybridized carbons (Fsp3) is 0.824. The normalized spacial score (nSPS) is 30.7. The third-order valence-corrected chi connectivity index (χ3v) is 6.79. The number of thioether (sulfide) groups is 1. The third-order valence-electron chi connectivity index (χ3n) is 4.92. The zero-order valence-electron chi connectivity index (χ0n) is 13.6. The molecule has 22 heavy (non-hydrogen) atoms. The fourth-order valence-corrected chi connectivity index (χ4v) is 5.80. The average molecular weight is 328 g/mol. The number of rotatable bonds is 10. The quantitative estimate of drug-likeness (QED) is 0.376. The van der Waals surface area contributed by atoms with Gasteiger partial charge in [0, 0.05) is 37.6 Å². The smallest absolute Gasteiger partial charge is 0.303 e. The Labute approximate surface area is 137 Å². The van der Waals surface area contributed by atoms with E-state index in [1.165, 1.54) is 12.8 Å². The summed E-state index contributed by atoms with van der Waals surface area (Å²) in [6.45, 7) is 0. The molecule has 2 saturated heterocycles. The Balaban J connectivity index is 1.80. The molecule has 0 aromatic rings. The van der Waals surface area contributed by atoms with E-state index in [0.29, 0.717) is 11.8 Å². The molecule has 0 unspecified atom stereocenters. The molecule has 2 bridgehead atoms. The highest BCUT2D eigenvalue weighted by atomic mass is 32.2. The van der Waals surface area contributed by atoms with E-state index in [9.17, 15) is 4.79 Å². The van der Waals surface area contributed by atoms with Gasteiger partial charge in [-0.2, -0.15) is 11.8 Å². The van der Waals surface area contributed by atoms with Crippen molar-refractivity contribution < 1.29 is 19.4 Å². The van der Waals surface area contributed by atoms with Crippen LogP contribution in [-0.4, -0.2) is 42.1 Å². The number of ether oxygens (including phenoxy) is 2. The summed E-state index contributed by atoms with van der Waals surface area (Å²) in [5.74, 6) is 0.688. The van der Waals surface area contributed by atoms with Gasteiger partial charge in [-0.1, -0.05) is 12.2 Å². The molecule has 0 spiro atoms. The second-order valence-corrected chi connectivity index (χ2v) is 7.73. The van der Waals surface area contributed by atoms with Crippen LogP contribution in [-0.2, 0) is 14.3 Å². The zero-order chi connectivity index (χ0) is 15.9. The van der Waals surface area contributed by atoms with Gasteiger partial charge in [0.1, 0.15) is 0 Å². The molecule has 5 heteroatoms. The maximum absolute atomic E-state index is 10.5. The van der Waals surface area contributed by atoms with Crippen molar-refractivity contribution in [2.45, 2.75) is 61.7 Å².